The van der Waals surface area contributed by atoms with E-state index in [0.29, 0.717) is 26.2 Å². The van der Waals surface area contributed by atoms with Crippen molar-refractivity contribution in [2.75, 3.05) is 33.4 Å². The Bertz CT molecular complexity index is 881. The molecule has 2 aromatic rings. The minimum absolute atomic E-state index is 0.000711. The molecule has 0 unspecified atom stereocenters. The van der Waals surface area contributed by atoms with E-state index in [2.05, 4.69) is 16.4 Å². The first kappa shape index (κ1) is 20.0. The van der Waals surface area contributed by atoms with Crippen molar-refractivity contribution in [2.45, 2.75) is 44.9 Å². The second-order valence-corrected chi connectivity index (χ2v) is 8.25. The molecule has 1 fully saturated rings. The molecule has 1 saturated heterocycles. The highest BCUT2D eigenvalue weighted by atomic mass is 16.5. The molecule has 0 bridgehead atoms. The number of aryl methyl sites for hydroxylation is 2. The van der Waals surface area contributed by atoms with Gasteiger partial charge in [0.25, 0.3) is 5.91 Å². The second kappa shape index (κ2) is 8.99. The van der Waals surface area contributed by atoms with Crippen molar-refractivity contribution >= 4 is 22.7 Å². The number of nitrogens with zero attached hydrogens (tertiary/aromatic N) is 1. The summed E-state index contributed by atoms with van der Waals surface area (Å²) in [5.74, 6) is 0.186. The fraction of sp³-hybridized carbons (Fsp3) is 0.565. The normalized spacial score (nSPS) is 17.3. The summed E-state index contributed by atoms with van der Waals surface area (Å²) in [5.41, 5.74) is 4.63. The van der Waals surface area contributed by atoms with E-state index in [1.54, 1.807) is 7.11 Å². The second-order valence-electron chi connectivity index (χ2n) is 8.25. The number of fused-ring (bicyclic) bond motifs is 3. The van der Waals surface area contributed by atoms with Gasteiger partial charge in [0.1, 0.15) is 0 Å². The number of H-pyrrole nitrogens is 1. The summed E-state index contributed by atoms with van der Waals surface area (Å²) in [6.07, 6.45) is 6.93. The lowest BCUT2D eigenvalue weighted by atomic mass is 9.94. The molecule has 0 radical (unpaired) electrons. The molecule has 1 aromatic carbocycles. The third-order valence-electron chi connectivity index (χ3n) is 6.32. The average Bonchev–Trinajstić information content (AvgIpc) is 3.14. The van der Waals surface area contributed by atoms with Crippen LogP contribution in [0.15, 0.2) is 18.2 Å². The Morgan fingerprint density at radius 1 is 1.21 bits per heavy atom. The fourth-order valence-electron chi connectivity index (χ4n) is 4.64. The van der Waals surface area contributed by atoms with Gasteiger partial charge in [0.15, 0.2) is 0 Å². The maximum atomic E-state index is 13.1. The number of carbonyl (C=O) groups is 2. The van der Waals surface area contributed by atoms with Gasteiger partial charge in [-0.3, -0.25) is 9.59 Å². The van der Waals surface area contributed by atoms with Gasteiger partial charge in [-0.15, -0.1) is 0 Å². The van der Waals surface area contributed by atoms with Gasteiger partial charge in [-0.05, 0) is 68.7 Å². The van der Waals surface area contributed by atoms with Crippen LogP contribution >= 0.6 is 0 Å². The summed E-state index contributed by atoms with van der Waals surface area (Å²) in [7, 11) is 1.66. The number of aromatic nitrogens is 1. The largest absolute Gasteiger partial charge is 0.385 e. The fourth-order valence-corrected chi connectivity index (χ4v) is 4.64. The minimum atomic E-state index is 0.000711. The lowest BCUT2D eigenvalue weighted by Gasteiger charge is -2.31. The van der Waals surface area contributed by atoms with Crippen molar-refractivity contribution in [2.24, 2.45) is 5.92 Å². The van der Waals surface area contributed by atoms with Crippen molar-refractivity contribution < 1.29 is 14.3 Å². The monoisotopic (exact) mass is 397 g/mol. The van der Waals surface area contributed by atoms with Gasteiger partial charge in [0.2, 0.25) is 5.91 Å². The SMILES string of the molecule is COCCCNC(=O)C1CCN(C(=O)c2ccc3[nH]c4c(c3c2)CCCC4)CC1. The number of aromatic amines is 1. The molecule has 1 aromatic heterocycles. The Kier molecular flexibility index (Phi) is 6.19. The molecule has 1 aliphatic heterocycles. The summed E-state index contributed by atoms with van der Waals surface area (Å²) in [5, 5.41) is 4.19. The zero-order valence-corrected chi connectivity index (χ0v) is 17.3. The van der Waals surface area contributed by atoms with E-state index >= 15 is 0 Å². The topological polar surface area (TPSA) is 74.4 Å². The highest BCUT2D eigenvalue weighted by Gasteiger charge is 2.28. The van der Waals surface area contributed by atoms with Crippen LogP contribution in [-0.4, -0.2) is 55.0 Å². The van der Waals surface area contributed by atoms with E-state index in [4.69, 9.17) is 4.74 Å². The van der Waals surface area contributed by atoms with E-state index in [1.807, 2.05) is 17.0 Å². The number of carbonyl (C=O) groups excluding carboxylic acids is 2. The molecule has 0 spiro atoms. The van der Waals surface area contributed by atoms with Gasteiger partial charge in [-0.1, -0.05) is 0 Å². The van der Waals surface area contributed by atoms with Crippen molar-refractivity contribution in [3.8, 4) is 0 Å². The van der Waals surface area contributed by atoms with Gasteiger partial charge in [0, 0.05) is 61.4 Å². The van der Waals surface area contributed by atoms with Crippen LogP contribution < -0.4 is 5.32 Å². The molecule has 2 N–H and O–H groups in total. The smallest absolute Gasteiger partial charge is 0.253 e. The minimum Gasteiger partial charge on any atom is -0.385 e. The number of benzene rings is 1. The van der Waals surface area contributed by atoms with Crippen LogP contribution in [0.3, 0.4) is 0 Å². The van der Waals surface area contributed by atoms with E-state index in [-0.39, 0.29) is 17.7 Å². The van der Waals surface area contributed by atoms with Gasteiger partial charge in [0.05, 0.1) is 0 Å². The summed E-state index contributed by atoms with van der Waals surface area (Å²) < 4.78 is 5.01. The van der Waals surface area contributed by atoms with Crippen molar-refractivity contribution in [3.05, 3.63) is 35.0 Å². The molecule has 6 nitrogen and oxygen atoms in total. The highest BCUT2D eigenvalue weighted by Crippen LogP contribution is 2.30. The molecule has 29 heavy (non-hydrogen) atoms. The number of amides is 2. The number of nitrogens with one attached hydrogen (secondary N) is 2. The molecular formula is C23H31N3O3. The predicted molar refractivity (Wildman–Crippen MR) is 113 cm³/mol. The molecule has 2 amide bonds. The lowest BCUT2D eigenvalue weighted by Crippen LogP contribution is -2.43. The number of rotatable bonds is 6. The number of methoxy groups -OCH3 is 1. The lowest BCUT2D eigenvalue weighted by molar-refractivity contribution is -0.126. The maximum Gasteiger partial charge on any atom is 0.253 e. The third kappa shape index (κ3) is 4.32. The summed E-state index contributed by atoms with van der Waals surface area (Å²) >= 11 is 0. The van der Waals surface area contributed by atoms with Gasteiger partial charge in [-0.25, -0.2) is 0 Å². The molecule has 156 valence electrons. The third-order valence-corrected chi connectivity index (χ3v) is 6.32. The summed E-state index contributed by atoms with van der Waals surface area (Å²) in [6, 6.07) is 6.04. The average molecular weight is 398 g/mol. The van der Waals surface area contributed by atoms with Crippen LogP contribution in [0.5, 0.6) is 0 Å². The van der Waals surface area contributed by atoms with Gasteiger partial charge >= 0.3 is 0 Å². The Labute approximate surface area is 172 Å². The van der Waals surface area contributed by atoms with Crippen molar-refractivity contribution in [1.29, 1.82) is 0 Å². The van der Waals surface area contributed by atoms with Crippen LogP contribution in [0.4, 0.5) is 0 Å². The van der Waals surface area contributed by atoms with Crippen molar-refractivity contribution in [1.82, 2.24) is 15.2 Å². The quantitative estimate of drug-likeness (QED) is 0.736. The molecule has 1 aliphatic carbocycles. The van der Waals surface area contributed by atoms with E-state index in [1.165, 1.54) is 29.5 Å². The number of ether oxygens (including phenoxy) is 1. The molecule has 4 rings (SSSR count). The van der Waals surface area contributed by atoms with Crippen LogP contribution in [-0.2, 0) is 22.4 Å². The standard InChI is InChI=1S/C23H31N3O3/c1-29-14-4-11-24-22(27)16-9-12-26(13-10-16)23(28)17-7-8-21-19(15-17)18-5-2-3-6-20(18)25-21/h7-8,15-16,25H,2-6,9-14H2,1H3,(H,24,27). The number of hydrogen-bond acceptors (Lipinski definition) is 3. The van der Waals surface area contributed by atoms with Crippen LogP contribution in [0.2, 0.25) is 0 Å². The Morgan fingerprint density at radius 3 is 2.79 bits per heavy atom. The first-order valence-electron chi connectivity index (χ1n) is 10.9. The summed E-state index contributed by atoms with van der Waals surface area (Å²) in [6.45, 7) is 2.57. The Balaban J connectivity index is 1.36. The van der Waals surface area contributed by atoms with Gasteiger partial charge < -0.3 is 19.9 Å². The first-order chi connectivity index (χ1) is 14.2. The molecule has 6 heteroatoms. The predicted octanol–water partition coefficient (Wildman–Crippen LogP) is 3.05. The number of likely N-dealkylation sites (tertiary alicyclic amines) is 1. The van der Waals surface area contributed by atoms with E-state index in [9.17, 15) is 9.59 Å². The number of hydrogen-bond donors (Lipinski definition) is 2. The van der Waals surface area contributed by atoms with Crippen LogP contribution in [0.1, 0.15) is 53.7 Å². The highest BCUT2D eigenvalue weighted by molar-refractivity contribution is 5.99. The van der Waals surface area contributed by atoms with E-state index in [0.717, 1.165) is 43.2 Å². The van der Waals surface area contributed by atoms with Crippen LogP contribution in [0.25, 0.3) is 10.9 Å². The first-order valence-corrected chi connectivity index (χ1v) is 10.9. The Morgan fingerprint density at radius 2 is 2.00 bits per heavy atom. The van der Waals surface area contributed by atoms with E-state index < -0.39 is 0 Å². The van der Waals surface area contributed by atoms with Crippen LogP contribution in [0, 0.1) is 5.92 Å². The molecule has 0 saturated carbocycles. The summed E-state index contributed by atoms with van der Waals surface area (Å²) in [4.78, 5) is 30.8. The zero-order chi connectivity index (χ0) is 20.2. The Hall–Kier alpha value is -2.34. The molecule has 0 atom stereocenters. The zero-order valence-electron chi connectivity index (χ0n) is 17.3. The molecule has 2 heterocycles. The van der Waals surface area contributed by atoms with Crippen molar-refractivity contribution in [3.63, 3.8) is 0 Å². The molecule has 2 aliphatic rings. The maximum absolute atomic E-state index is 13.1. The number of piperidine rings is 1. The molecular weight excluding hydrogens is 366 g/mol. The van der Waals surface area contributed by atoms with Gasteiger partial charge in [-0.2, -0.15) is 0 Å².